The van der Waals surface area contributed by atoms with Gasteiger partial charge in [-0.15, -0.1) is 11.3 Å². The molecular weight excluding hydrogens is 274 g/mol. The van der Waals surface area contributed by atoms with Gasteiger partial charge >= 0.3 is 5.97 Å². The van der Waals surface area contributed by atoms with Crippen LogP contribution in [0.25, 0.3) is 0 Å². The van der Waals surface area contributed by atoms with Gasteiger partial charge in [0, 0.05) is 11.9 Å². The molecule has 0 saturated heterocycles. The zero-order valence-electron chi connectivity index (χ0n) is 11.7. The van der Waals surface area contributed by atoms with Gasteiger partial charge in [0.25, 0.3) is 0 Å². The molecule has 2 aromatic rings. The molecule has 1 aromatic heterocycles. The Kier molecular flexibility index (Phi) is 4.24. The predicted octanol–water partition coefficient (Wildman–Crippen LogP) is 2.46. The molecule has 0 fully saturated rings. The van der Waals surface area contributed by atoms with E-state index in [1.807, 2.05) is 30.4 Å². The number of hydrogen-bond acceptors (Lipinski definition) is 6. The molecule has 20 heavy (non-hydrogen) atoms. The van der Waals surface area contributed by atoms with Crippen LogP contribution in [0, 0.1) is 6.92 Å². The summed E-state index contributed by atoms with van der Waals surface area (Å²) in [6.07, 6.45) is 0. The van der Waals surface area contributed by atoms with Gasteiger partial charge in [0.1, 0.15) is 0 Å². The number of benzene rings is 1. The summed E-state index contributed by atoms with van der Waals surface area (Å²) in [4.78, 5) is 19.1. The molecule has 6 heteroatoms. The smallest absolute Gasteiger partial charge is 0.340 e. The van der Waals surface area contributed by atoms with Crippen molar-refractivity contribution >= 4 is 28.7 Å². The molecule has 0 amide bonds. The predicted molar refractivity (Wildman–Crippen MR) is 81.2 cm³/mol. The van der Waals surface area contributed by atoms with Crippen molar-refractivity contribution in [1.82, 2.24) is 4.98 Å². The number of esters is 1. The van der Waals surface area contributed by atoms with Gasteiger partial charge in [-0.25, -0.2) is 9.78 Å². The molecule has 0 bridgehead atoms. The number of hydrogen-bond donors (Lipinski definition) is 1. The Labute approximate surface area is 122 Å². The highest BCUT2D eigenvalue weighted by Crippen LogP contribution is 2.28. The van der Waals surface area contributed by atoms with Crippen molar-refractivity contribution in [1.29, 1.82) is 0 Å². The monoisotopic (exact) mass is 291 g/mol. The Morgan fingerprint density at radius 2 is 2.25 bits per heavy atom. The Bertz CT molecular complexity index is 625. The lowest BCUT2D eigenvalue weighted by Gasteiger charge is -2.21. The minimum Gasteiger partial charge on any atom is -0.465 e. The van der Waals surface area contributed by atoms with Crippen LogP contribution in [-0.2, 0) is 11.3 Å². The standard InChI is InChI=1S/C14H17N3O2S/c1-9-12(20-8-16-9)7-17(2)11-6-4-5-10(13(11)15)14(18)19-3/h4-6,8H,7,15H2,1-3H3. The van der Waals surface area contributed by atoms with Crippen molar-refractivity contribution in [3.8, 4) is 0 Å². The maximum atomic E-state index is 11.7. The molecule has 0 aliphatic rings. The van der Waals surface area contributed by atoms with Crippen LogP contribution in [0.15, 0.2) is 23.7 Å². The van der Waals surface area contributed by atoms with Gasteiger partial charge < -0.3 is 15.4 Å². The van der Waals surface area contributed by atoms with Gasteiger partial charge in [-0.1, -0.05) is 6.07 Å². The Balaban J connectivity index is 2.28. The van der Waals surface area contributed by atoms with Crippen LogP contribution in [0.5, 0.6) is 0 Å². The number of nitrogen functional groups attached to an aromatic ring is 1. The van der Waals surface area contributed by atoms with Gasteiger partial charge in [0.15, 0.2) is 0 Å². The normalized spacial score (nSPS) is 10.3. The van der Waals surface area contributed by atoms with Crippen LogP contribution in [-0.4, -0.2) is 25.1 Å². The maximum Gasteiger partial charge on any atom is 0.340 e. The Hall–Kier alpha value is -2.08. The number of carbonyl (C=O) groups is 1. The highest BCUT2D eigenvalue weighted by Gasteiger charge is 2.16. The van der Waals surface area contributed by atoms with E-state index < -0.39 is 5.97 Å². The first kappa shape index (κ1) is 14.3. The fourth-order valence-corrected chi connectivity index (χ4v) is 2.78. The van der Waals surface area contributed by atoms with E-state index in [9.17, 15) is 4.79 Å². The number of aryl methyl sites for hydroxylation is 1. The summed E-state index contributed by atoms with van der Waals surface area (Å²) < 4.78 is 4.73. The van der Waals surface area contributed by atoms with Crippen LogP contribution in [0.1, 0.15) is 20.9 Å². The number of ether oxygens (including phenoxy) is 1. The molecular formula is C14H17N3O2S. The molecule has 0 spiro atoms. The van der Waals surface area contributed by atoms with E-state index in [1.54, 1.807) is 23.5 Å². The molecule has 1 heterocycles. The number of nitrogens with zero attached hydrogens (tertiary/aromatic N) is 2. The SMILES string of the molecule is COC(=O)c1cccc(N(C)Cc2scnc2C)c1N. The number of methoxy groups -OCH3 is 1. The quantitative estimate of drug-likeness (QED) is 0.692. The van der Waals surface area contributed by atoms with Crippen LogP contribution < -0.4 is 10.6 Å². The number of thiazole rings is 1. The molecule has 2 N–H and O–H groups in total. The van der Waals surface area contributed by atoms with Crippen molar-refractivity contribution in [2.24, 2.45) is 0 Å². The third-order valence-corrected chi connectivity index (χ3v) is 4.05. The molecule has 106 valence electrons. The topological polar surface area (TPSA) is 68.5 Å². The second-order valence-corrected chi connectivity index (χ2v) is 5.39. The summed E-state index contributed by atoms with van der Waals surface area (Å²) in [6.45, 7) is 2.68. The largest absolute Gasteiger partial charge is 0.465 e. The number of anilines is 2. The molecule has 0 unspecified atom stereocenters. The Morgan fingerprint density at radius 1 is 1.50 bits per heavy atom. The minimum absolute atomic E-state index is 0.387. The zero-order valence-corrected chi connectivity index (χ0v) is 12.5. The van der Waals surface area contributed by atoms with Crippen molar-refractivity contribution in [2.75, 3.05) is 24.8 Å². The van der Waals surface area contributed by atoms with Gasteiger partial charge in [-0.3, -0.25) is 0 Å². The van der Waals surface area contributed by atoms with Crippen LogP contribution in [0.4, 0.5) is 11.4 Å². The summed E-state index contributed by atoms with van der Waals surface area (Å²) >= 11 is 1.61. The average molecular weight is 291 g/mol. The average Bonchev–Trinajstić information content (AvgIpc) is 2.83. The van der Waals surface area contributed by atoms with E-state index in [4.69, 9.17) is 10.5 Å². The third kappa shape index (κ3) is 2.75. The second kappa shape index (κ2) is 5.92. The molecule has 0 aliphatic heterocycles. The van der Waals surface area contributed by atoms with E-state index in [-0.39, 0.29) is 0 Å². The van der Waals surface area contributed by atoms with Gasteiger partial charge in [0.05, 0.1) is 41.8 Å². The number of carbonyl (C=O) groups excluding carboxylic acids is 1. The molecule has 2 rings (SSSR count). The third-order valence-electron chi connectivity index (χ3n) is 3.13. The highest BCUT2D eigenvalue weighted by molar-refractivity contribution is 7.09. The van der Waals surface area contributed by atoms with Gasteiger partial charge in [0.2, 0.25) is 0 Å². The summed E-state index contributed by atoms with van der Waals surface area (Å²) in [5, 5.41) is 0. The van der Waals surface area contributed by atoms with E-state index in [2.05, 4.69) is 4.98 Å². The van der Waals surface area contributed by atoms with E-state index in [0.29, 0.717) is 17.8 Å². The van der Waals surface area contributed by atoms with Crippen LogP contribution in [0.3, 0.4) is 0 Å². The van der Waals surface area contributed by atoms with E-state index in [0.717, 1.165) is 11.4 Å². The van der Waals surface area contributed by atoms with E-state index >= 15 is 0 Å². The lowest BCUT2D eigenvalue weighted by atomic mass is 10.1. The highest BCUT2D eigenvalue weighted by atomic mass is 32.1. The number of nitrogens with two attached hydrogens (primary N) is 1. The summed E-state index contributed by atoms with van der Waals surface area (Å²) in [7, 11) is 3.28. The molecule has 0 atom stereocenters. The lowest BCUT2D eigenvalue weighted by Crippen LogP contribution is -2.19. The van der Waals surface area contributed by atoms with Crippen molar-refractivity contribution in [3.05, 3.63) is 39.8 Å². The molecule has 1 aromatic carbocycles. The minimum atomic E-state index is -0.424. The van der Waals surface area contributed by atoms with E-state index in [1.165, 1.54) is 12.0 Å². The van der Waals surface area contributed by atoms with Gasteiger partial charge in [-0.05, 0) is 19.1 Å². The zero-order chi connectivity index (χ0) is 14.7. The fourth-order valence-electron chi connectivity index (χ4n) is 1.95. The maximum absolute atomic E-state index is 11.7. The fraction of sp³-hybridized carbons (Fsp3) is 0.286. The van der Waals surface area contributed by atoms with Crippen molar-refractivity contribution in [2.45, 2.75) is 13.5 Å². The number of para-hydroxylation sites is 1. The first-order valence-electron chi connectivity index (χ1n) is 6.11. The molecule has 0 radical (unpaired) electrons. The summed E-state index contributed by atoms with van der Waals surface area (Å²) in [6, 6.07) is 5.35. The lowest BCUT2D eigenvalue weighted by molar-refractivity contribution is 0.0602. The number of aromatic nitrogens is 1. The first-order chi connectivity index (χ1) is 9.54. The summed E-state index contributed by atoms with van der Waals surface area (Å²) in [5.74, 6) is -0.424. The number of rotatable bonds is 4. The molecule has 0 aliphatic carbocycles. The second-order valence-electron chi connectivity index (χ2n) is 4.45. The van der Waals surface area contributed by atoms with Crippen LogP contribution in [0.2, 0.25) is 0 Å². The first-order valence-corrected chi connectivity index (χ1v) is 6.99. The van der Waals surface area contributed by atoms with Crippen molar-refractivity contribution in [3.63, 3.8) is 0 Å². The van der Waals surface area contributed by atoms with Crippen molar-refractivity contribution < 1.29 is 9.53 Å². The van der Waals surface area contributed by atoms with Crippen LogP contribution >= 0.6 is 11.3 Å². The molecule has 0 saturated carbocycles. The molecule has 5 nitrogen and oxygen atoms in total. The Morgan fingerprint density at radius 3 is 2.85 bits per heavy atom. The summed E-state index contributed by atoms with van der Waals surface area (Å²) in [5.41, 5.74) is 10.5. The van der Waals surface area contributed by atoms with Gasteiger partial charge in [-0.2, -0.15) is 0 Å².